The summed E-state index contributed by atoms with van der Waals surface area (Å²) in [7, 11) is -16.6. The van der Waals surface area contributed by atoms with Crippen molar-refractivity contribution in [2.45, 2.75) is 23.2 Å². The lowest BCUT2D eigenvalue weighted by molar-refractivity contribution is -0.183. The molecule has 30 heavy (non-hydrogen) atoms. The Labute approximate surface area is 171 Å². The van der Waals surface area contributed by atoms with Crippen LogP contribution in [0.5, 0.6) is 0 Å². The molecule has 5 N–H and O–H groups in total. The molecule has 3 rings (SSSR count). The molecule has 2 saturated heterocycles. The Hall–Kier alpha value is -0.640. The maximum atomic E-state index is 12.0. The summed E-state index contributed by atoms with van der Waals surface area (Å²) < 4.78 is 58.0. The predicted octanol–water partition coefficient (Wildman–Crippen LogP) is -1.16. The van der Waals surface area contributed by atoms with Crippen molar-refractivity contribution in [1.29, 1.82) is 0 Å². The lowest BCUT2D eigenvalue weighted by Crippen LogP contribution is -2.44. The summed E-state index contributed by atoms with van der Waals surface area (Å²) >= 11 is 4.31. The summed E-state index contributed by atoms with van der Waals surface area (Å²) in [5, 5.41) is -0.811. The van der Waals surface area contributed by atoms with E-state index in [4.69, 9.17) is 19.3 Å². The molecule has 16 nitrogen and oxygen atoms in total. The van der Waals surface area contributed by atoms with Gasteiger partial charge in [0.15, 0.2) is 6.23 Å². The Morgan fingerprint density at radius 3 is 2.47 bits per heavy atom. The fraction of sp³-hybridized carbons (Fsp3) is 0.600. The van der Waals surface area contributed by atoms with E-state index in [2.05, 4.69) is 25.8 Å². The third-order valence-corrected chi connectivity index (χ3v) is 8.57. The topological polar surface area (TPSA) is 233 Å². The number of phosphoric acid groups is 3. The second-order valence-electron chi connectivity index (χ2n) is 6.18. The van der Waals surface area contributed by atoms with Crippen molar-refractivity contribution in [2.24, 2.45) is 0 Å². The van der Waals surface area contributed by atoms with Gasteiger partial charge in [0.1, 0.15) is 11.7 Å². The van der Waals surface area contributed by atoms with Gasteiger partial charge in [-0.05, 0) is 0 Å². The number of nitrogens with zero attached hydrogens (tertiary/aromatic N) is 1. The summed E-state index contributed by atoms with van der Waals surface area (Å²) in [6, 6.07) is 1.06. The van der Waals surface area contributed by atoms with Crippen LogP contribution in [0.3, 0.4) is 0 Å². The van der Waals surface area contributed by atoms with Gasteiger partial charge in [-0.25, -0.2) is 18.5 Å². The zero-order chi connectivity index (χ0) is 22.5. The molecule has 0 aromatic carbocycles. The van der Waals surface area contributed by atoms with Crippen molar-refractivity contribution in [3.8, 4) is 0 Å². The van der Waals surface area contributed by atoms with Crippen LogP contribution in [0.15, 0.2) is 21.9 Å². The van der Waals surface area contributed by atoms with E-state index in [1.165, 1.54) is 0 Å². The minimum Gasteiger partial charge on any atom is -0.369 e. The van der Waals surface area contributed by atoms with Gasteiger partial charge in [-0.15, -0.1) is 0 Å². The minimum atomic E-state index is -5.67. The SMILES string of the molecule is O=c1ccn([C@@H]2O[C@@]3(COP(=O)(O)OP(=O)(O)OP(=O)(O)O)CO[C@@H]2[C@@H]3S)c(=O)[nH]1. The largest absolute Gasteiger partial charge is 0.490 e. The van der Waals surface area contributed by atoms with Crippen LogP contribution >= 0.6 is 36.1 Å². The number of rotatable bonds is 8. The van der Waals surface area contributed by atoms with E-state index in [1.54, 1.807) is 0 Å². The van der Waals surface area contributed by atoms with E-state index in [9.17, 15) is 33.1 Å². The maximum Gasteiger partial charge on any atom is 0.490 e. The molecule has 1 aromatic rings. The second-order valence-corrected chi connectivity index (χ2v) is 11.2. The molecule has 0 aliphatic carbocycles. The highest BCUT2D eigenvalue weighted by Crippen LogP contribution is 2.66. The fourth-order valence-corrected chi connectivity index (χ4v) is 6.38. The summed E-state index contributed by atoms with van der Waals surface area (Å²) in [5.74, 6) is 0. The molecule has 0 radical (unpaired) electrons. The number of ether oxygens (including phenoxy) is 2. The van der Waals surface area contributed by atoms with E-state index in [0.29, 0.717) is 0 Å². The van der Waals surface area contributed by atoms with Crippen molar-refractivity contribution in [2.75, 3.05) is 13.2 Å². The van der Waals surface area contributed by atoms with Gasteiger partial charge in [0, 0.05) is 12.3 Å². The lowest BCUT2D eigenvalue weighted by Gasteiger charge is -2.31. The molecule has 2 aliphatic rings. The van der Waals surface area contributed by atoms with Crippen molar-refractivity contribution < 1.29 is 55.9 Å². The molecule has 0 spiro atoms. The van der Waals surface area contributed by atoms with E-state index >= 15 is 0 Å². The molecular formula is C10H15N2O14P3S. The van der Waals surface area contributed by atoms with Gasteiger partial charge in [0.05, 0.1) is 18.5 Å². The second kappa shape index (κ2) is 8.05. The monoisotopic (exact) mass is 512 g/mol. The smallest absolute Gasteiger partial charge is 0.369 e. The van der Waals surface area contributed by atoms with Crippen LogP contribution in [0.2, 0.25) is 0 Å². The zero-order valence-electron chi connectivity index (χ0n) is 14.4. The van der Waals surface area contributed by atoms with Crippen molar-refractivity contribution in [1.82, 2.24) is 9.55 Å². The quantitative estimate of drug-likeness (QED) is 0.178. The minimum absolute atomic E-state index is 0.212. The number of hydrogen-bond acceptors (Lipinski definition) is 11. The van der Waals surface area contributed by atoms with Crippen LogP contribution in [0.25, 0.3) is 0 Å². The van der Waals surface area contributed by atoms with Crippen molar-refractivity contribution in [3.05, 3.63) is 33.1 Å². The average Bonchev–Trinajstić information content (AvgIpc) is 3.00. The standard InChI is InChI=1S/C10H15N2O14P3S/c13-5-1-2-12(9(14)11-5)8-6-7(30)10(24-8,3-22-6)4-23-28(18,19)26-29(20,21)25-27(15,16)17/h1-2,6-8,30H,3-4H2,(H,18,19)(H,20,21)(H,11,13,14)(H2,15,16,17)/t6-,7+,8-,10-/m1/s1. The first-order valence-corrected chi connectivity index (χ1v) is 12.7. The van der Waals surface area contributed by atoms with Gasteiger partial charge in [0.25, 0.3) is 5.56 Å². The molecule has 3 heterocycles. The molecule has 2 aliphatic heterocycles. The van der Waals surface area contributed by atoms with Gasteiger partial charge in [-0.1, -0.05) is 0 Å². The maximum absolute atomic E-state index is 12.0. The number of hydrogen-bond donors (Lipinski definition) is 6. The van der Waals surface area contributed by atoms with Crippen LogP contribution in [-0.2, 0) is 36.3 Å². The molecule has 0 amide bonds. The number of phosphoric ester groups is 1. The molecule has 170 valence electrons. The highest BCUT2D eigenvalue weighted by atomic mass is 32.1. The van der Waals surface area contributed by atoms with E-state index in [1.807, 2.05) is 4.98 Å². The molecule has 2 fully saturated rings. The molecule has 6 atom stereocenters. The van der Waals surface area contributed by atoms with Gasteiger partial charge in [-0.3, -0.25) is 18.9 Å². The highest BCUT2D eigenvalue weighted by Gasteiger charge is 2.62. The Bertz CT molecular complexity index is 1080. The van der Waals surface area contributed by atoms with E-state index in [0.717, 1.165) is 16.8 Å². The van der Waals surface area contributed by atoms with Crippen LogP contribution in [0, 0.1) is 0 Å². The number of fused-ring (bicyclic) bond motifs is 2. The molecule has 1 aromatic heterocycles. The zero-order valence-corrected chi connectivity index (χ0v) is 18.0. The third-order valence-electron chi connectivity index (χ3n) is 4.02. The Morgan fingerprint density at radius 2 is 1.87 bits per heavy atom. The van der Waals surface area contributed by atoms with Crippen molar-refractivity contribution >= 4 is 36.1 Å². The first-order valence-electron chi connectivity index (χ1n) is 7.70. The van der Waals surface area contributed by atoms with Crippen LogP contribution in [0.4, 0.5) is 0 Å². The number of aromatic nitrogens is 2. The number of thiol groups is 1. The Kier molecular flexibility index (Phi) is 6.44. The third kappa shape index (κ3) is 5.22. The fourth-order valence-electron chi connectivity index (χ4n) is 2.86. The molecule has 0 saturated carbocycles. The van der Waals surface area contributed by atoms with Gasteiger partial charge in [-0.2, -0.15) is 21.3 Å². The first-order chi connectivity index (χ1) is 13.6. The summed E-state index contributed by atoms with van der Waals surface area (Å²) in [6.07, 6.45) is -0.775. The summed E-state index contributed by atoms with van der Waals surface area (Å²) in [5.41, 5.74) is -2.98. The summed E-state index contributed by atoms with van der Waals surface area (Å²) in [6.45, 7) is -1.01. The van der Waals surface area contributed by atoms with E-state index < -0.39 is 64.5 Å². The lowest BCUT2D eigenvalue weighted by atomic mass is 10.0. The van der Waals surface area contributed by atoms with Gasteiger partial charge < -0.3 is 29.0 Å². The van der Waals surface area contributed by atoms with Gasteiger partial charge >= 0.3 is 29.2 Å². The summed E-state index contributed by atoms with van der Waals surface area (Å²) in [4.78, 5) is 61.0. The molecule has 2 bridgehead atoms. The molecular weight excluding hydrogens is 497 g/mol. The van der Waals surface area contributed by atoms with Crippen LogP contribution < -0.4 is 11.2 Å². The molecule has 2 unspecified atom stereocenters. The normalized spacial score (nSPS) is 32.6. The number of H-pyrrole nitrogens is 1. The van der Waals surface area contributed by atoms with Crippen molar-refractivity contribution in [3.63, 3.8) is 0 Å². The van der Waals surface area contributed by atoms with E-state index in [-0.39, 0.29) is 6.61 Å². The number of aromatic amines is 1. The van der Waals surface area contributed by atoms with Crippen LogP contribution in [-0.4, -0.2) is 59.3 Å². The van der Waals surface area contributed by atoms with Crippen LogP contribution in [0.1, 0.15) is 6.23 Å². The average molecular weight is 512 g/mol. The Morgan fingerprint density at radius 1 is 1.20 bits per heavy atom. The Balaban J connectivity index is 1.73. The first kappa shape index (κ1) is 24.0. The molecule has 20 heteroatoms. The van der Waals surface area contributed by atoms with Gasteiger partial charge in [0.2, 0.25) is 0 Å². The number of nitrogens with one attached hydrogen (secondary N) is 1. The predicted molar refractivity (Wildman–Crippen MR) is 96.5 cm³/mol. The highest BCUT2D eigenvalue weighted by molar-refractivity contribution is 7.81.